The number of nitrogens with zero attached hydrogens (tertiary/aromatic N) is 3. The highest BCUT2D eigenvalue weighted by molar-refractivity contribution is 5.64. The van der Waals surface area contributed by atoms with Crippen LogP contribution in [0.25, 0.3) is 0 Å². The molecule has 1 aliphatic rings. The lowest BCUT2D eigenvalue weighted by Crippen LogP contribution is -2.42. The number of aliphatic hydroxyl groups excluding tert-OH is 1. The Kier molecular flexibility index (Phi) is 4.80. The predicted molar refractivity (Wildman–Crippen MR) is 82.7 cm³/mol. The number of anilines is 1. The second kappa shape index (κ2) is 6.41. The second-order valence-electron chi connectivity index (χ2n) is 5.83. The molecule has 0 saturated carbocycles. The number of aliphatic hydroxyl groups is 1. The van der Waals surface area contributed by atoms with Crippen molar-refractivity contribution in [1.82, 2.24) is 4.90 Å². The Balaban J connectivity index is 2.27. The van der Waals surface area contributed by atoms with Gasteiger partial charge in [0, 0.05) is 19.2 Å². The van der Waals surface area contributed by atoms with Crippen LogP contribution in [0, 0.1) is 10.1 Å². The van der Waals surface area contributed by atoms with E-state index in [1.54, 1.807) is 19.1 Å². The van der Waals surface area contributed by atoms with Crippen molar-refractivity contribution < 1.29 is 10.0 Å². The highest BCUT2D eigenvalue weighted by Gasteiger charge is 2.26. The van der Waals surface area contributed by atoms with Gasteiger partial charge in [-0.3, -0.25) is 10.1 Å². The van der Waals surface area contributed by atoms with Gasteiger partial charge in [-0.25, -0.2) is 0 Å². The summed E-state index contributed by atoms with van der Waals surface area (Å²) in [5.41, 5.74) is 1.26. The Morgan fingerprint density at radius 3 is 2.57 bits per heavy atom. The fourth-order valence-electron chi connectivity index (χ4n) is 2.82. The number of nitro benzene ring substituents is 1. The molecule has 6 heteroatoms. The fourth-order valence-corrected chi connectivity index (χ4v) is 2.82. The largest absolute Gasteiger partial charge is 0.389 e. The molecule has 0 aliphatic carbocycles. The van der Waals surface area contributed by atoms with Crippen LogP contribution in [-0.2, 0) is 0 Å². The van der Waals surface area contributed by atoms with Crippen LogP contribution in [-0.4, -0.2) is 48.2 Å². The molecule has 1 aromatic rings. The van der Waals surface area contributed by atoms with Crippen LogP contribution in [0.5, 0.6) is 0 Å². The van der Waals surface area contributed by atoms with E-state index in [1.807, 2.05) is 11.9 Å². The van der Waals surface area contributed by atoms with Crippen molar-refractivity contribution in [1.29, 1.82) is 0 Å². The van der Waals surface area contributed by atoms with E-state index in [2.05, 4.69) is 11.9 Å². The molecule has 0 aromatic heterocycles. The molecule has 6 nitrogen and oxygen atoms in total. The number of hydrogen-bond acceptors (Lipinski definition) is 5. The molecule has 2 rings (SSSR count). The summed E-state index contributed by atoms with van der Waals surface area (Å²) in [6.45, 7) is 3.63. The fraction of sp³-hybridized carbons (Fsp3) is 0.600. The summed E-state index contributed by atoms with van der Waals surface area (Å²) < 4.78 is 0. The molecule has 0 amide bonds. The molecule has 1 heterocycles. The standard InChI is InChI=1S/C15H23N3O3/c1-11(19)12-4-5-14(15(10-12)18(20)21)17(3)13-6-8-16(2)9-7-13/h4-5,10-11,13,19H,6-9H2,1-3H3/t11-/m1/s1. The molecule has 1 atom stereocenters. The minimum absolute atomic E-state index is 0.0647. The maximum Gasteiger partial charge on any atom is 0.292 e. The minimum Gasteiger partial charge on any atom is -0.389 e. The number of hydrogen-bond donors (Lipinski definition) is 1. The third-order valence-electron chi connectivity index (χ3n) is 4.29. The van der Waals surface area contributed by atoms with Gasteiger partial charge in [-0.15, -0.1) is 0 Å². The van der Waals surface area contributed by atoms with E-state index < -0.39 is 6.10 Å². The molecule has 0 bridgehead atoms. The second-order valence-corrected chi connectivity index (χ2v) is 5.83. The zero-order valence-corrected chi connectivity index (χ0v) is 12.8. The number of rotatable bonds is 4. The van der Waals surface area contributed by atoms with Crippen molar-refractivity contribution >= 4 is 11.4 Å². The smallest absolute Gasteiger partial charge is 0.292 e. The average Bonchev–Trinajstić information content (AvgIpc) is 2.46. The van der Waals surface area contributed by atoms with Gasteiger partial charge in [0.1, 0.15) is 5.69 Å². The Bertz CT molecular complexity index is 511. The number of piperidine rings is 1. The molecule has 0 unspecified atom stereocenters. The van der Waals surface area contributed by atoms with E-state index in [4.69, 9.17) is 0 Å². The summed E-state index contributed by atoms with van der Waals surface area (Å²) in [7, 11) is 4.01. The van der Waals surface area contributed by atoms with Crippen LogP contribution in [0.15, 0.2) is 18.2 Å². The summed E-state index contributed by atoms with van der Waals surface area (Å²) in [6, 6.07) is 5.31. The normalized spacial score (nSPS) is 18.5. The Morgan fingerprint density at radius 2 is 2.05 bits per heavy atom. The maximum atomic E-state index is 11.3. The van der Waals surface area contributed by atoms with Gasteiger partial charge in [0.25, 0.3) is 5.69 Å². The molecule has 116 valence electrons. The number of nitro groups is 1. The van der Waals surface area contributed by atoms with Gasteiger partial charge < -0.3 is 14.9 Å². The molecule has 1 aromatic carbocycles. The van der Waals surface area contributed by atoms with Gasteiger partial charge in [-0.05, 0) is 51.5 Å². The van der Waals surface area contributed by atoms with Gasteiger partial charge in [-0.1, -0.05) is 6.07 Å². The van der Waals surface area contributed by atoms with Crippen LogP contribution in [0.3, 0.4) is 0 Å². The Morgan fingerprint density at radius 1 is 1.43 bits per heavy atom. The molecule has 0 spiro atoms. The van der Waals surface area contributed by atoms with E-state index in [9.17, 15) is 15.2 Å². The molecule has 0 radical (unpaired) electrons. The van der Waals surface area contributed by atoms with Crippen LogP contribution in [0.1, 0.15) is 31.4 Å². The lowest BCUT2D eigenvalue weighted by atomic mass is 10.0. The quantitative estimate of drug-likeness (QED) is 0.680. The molecule has 1 N–H and O–H groups in total. The van der Waals surface area contributed by atoms with Gasteiger partial charge in [-0.2, -0.15) is 0 Å². The van der Waals surface area contributed by atoms with E-state index in [0.29, 0.717) is 17.3 Å². The summed E-state index contributed by atoms with van der Waals surface area (Å²) in [5, 5.41) is 20.9. The third kappa shape index (κ3) is 3.51. The predicted octanol–water partition coefficient (Wildman–Crippen LogP) is 2.18. The first-order valence-corrected chi connectivity index (χ1v) is 7.28. The highest BCUT2D eigenvalue weighted by atomic mass is 16.6. The van der Waals surface area contributed by atoms with E-state index in [0.717, 1.165) is 25.9 Å². The third-order valence-corrected chi connectivity index (χ3v) is 4.29. The van der Waals surface area contributed by atoms with E-state index in [-0.39, 0.29) is 10.6 Å². The zero-order chi connectivity index (χ0) is 15.6. The van der Waals surface area contributed by atoms with Crippen LogP contribution < -0.4 is 4.90 Å². The lowest BCUT2D eigenvalue weighted by Gasteiger charge is -2.36. The molecular weight excluding hydrogens is 270 g/mol. The topological polar surface area (TPSA) is 69.8 Å². The first-order chi connectivity index (χ1) is 9.90. The Labute approximate surface area is 125 Å². The summed E-state index contributed by atoms with van der Waals surface area (Å²) in [4.78, 5) is 15.2. The summed E-state index contributed by atoms with van der Waals surface area (Å²) >= 11 is 0. The first kappa shape index (κ1) is 15.7. The van der Waals surface area contributed by atoms with E-state index in [1.165, 1.54) is 6.07 Å². The van der Waals surface area contributed by atoms with Crippen molar-refractivity contribution in [2.24, 2.45) is 0 Å². The molecular formula is C15H23N3O3. The minimum atomic E-state index is -0.702. The van der Waals surface area contributed by atoms with Crippen molar-refractivity contribution in [2.45, 2.75) is 31.9 Å². The van der Waals surface area contributed by atoms with Gasteiger partial charge in [0.2, 0.25) is 0 Å². The van der Waals surface area contributed by atoms with E-state index >= 15 is 0 Å². The van der Waals surface area contributed by atoms with Crippen molar-refractivity contribution in [3.63, 3.8) is 0 Å². The summed E-state index contributed by atoms with van der Waals surface area (Å²) in [5.74, 6) is 0. The van der Waals surface area contributed by atoms with Crippen LogP contribution in [0.2, 0.25) is 0 Å². The van der Waals surface area contributed by atoms with Crippen LogP contribution >= 0.6 is 0 Å². The first-order valence-electron chi connectivity index (χ1n) is 7.28. The number of benzene rings is 1. The molecule has 1 fully saturated rings. The molecule has 1 aliphatic heterocycles. The zero-order valence-electron chi connectivity index (χ0n) is 12.8. The lowest BCUT2D eigenvalue weighted by molar-refractivity contribution is -0.384. The van der Waals surface area contributed by atoms with Gasteiger partial charge in [0.15, 0.2) is 0 Å². The van der Waals surface area contributed by atoms with Gasteiger partial charge >= 0.3 is 0 Å². The van der Waals surface area contributed by atoms with Crippen molar-refractivity contribution in [3.05, 3.63) is 33.9 Å². The summed E-state index contributed by atoms with van der Waals surface area (Å²) in [6.07, 6.45) is 1.30. The number of likely N-dealkylation sites (tertiary alicyclic amines) is 1. The van der Waals surface area contributed by atoms with Gasteiger partial charge in [0.05, 0.1) is 11.0 Å². The maximum absolute atomic E-state index is 11.3. The highest BCUT2D eigenvalue weighted by Crippen LogP contribution is 2.33. The molecule has 21 heavy (non-hydrogen) atoms. The van der Waals surface area contributed by atoms with Crippen molar-refractivity contribution in [3.8, 4) is 0 Å². The Hall–Kier alpha value is -1.66. The molecule has 1 saturated heterocycles. The van der Waals surface area contributed by atoms with Crippen molar-refractivity contribution in [2.75, 3.05) is 32.1 Å². The average molecular weight is 293 g/mol. The monoisotopic (exact) mass is 293 g/mol. The van der Waals surface area contributed by atoms with Crippen LogP contribution in [0.4, 0.5) is 11.4 Å². The SMILES string of the molecule is C[C@@H](O)c1ccc(N(C)C2CCN(C)CC2)c([N+](=O)[O-])c1.